The van der Waals surface area contributed by atoms with Crippen LogP contribution < -0.4 is 14.7 Å². The zero-order valence-electron chi connectivity index (χ0n) is 31.8. The summed E-state index contributed by atoms with van der Waals surface area (Å²) in [7, 11) is 0. The van der Waals surface area contributed by atoms with Crippen LogP contribution in [-0.2, 0) is 6.54 Å². The fraction of sp³-hybridized carbons (Fsp3) is 0.762. The second-order valence-electron chi connectivity index (χ2n) is 15.0. The predicted octanol–water partition coefficient (Wildman–Crippen LogP) is 12.7. The molecule has 0 amide bonds. The maximum atomic E-state index is 14.9. The van der Waals surface area contributed by atoms with E-state index in [0.717, 1.165) is 32.1 Å². The molecule has 6 heteroatoms. The molecule has 1 unspecified atom stereocenters. The average molecular weight is 773 g/mol. The number of fused-ring (bicyclic) bond motifs is 3. The Hall–Kier alpha value is -1.50. The van der Waals surface area contributed by atoms with Crippen molar-refractivity contribution in [3.63, 3.8) is 0 Å². The average Bonchev–Trinajstić information content (AvgIpc) is 3.75. The monoisotopic (exact) mass is 773 g/mol. The number of rotatable bonds is 28. The van der Waals surface area contributed by atoms with E-state index in [-0.39, 0.29) is 11.1 Å². The summed E-state index contributed by atoms with van der Waals surface area (Å²) in [5.41, 5.74) is 0.627. The molecule has 0 N–H and O–H groups in total. The molecule has 0 saturated heterocycles. The zero-order chi connectivity index (χ0) is 34.6. The van der Waals surface area contributed by atoms with E-state index in [2.05, 4.69) is 34.6 Å². The van der Waals surface area contributed by atoms with Crippen LogP contribution in [0.1, 0.15) is 176 Å². The van der Waals surface area contributed by atoms with Crippen molar-refractivity contribution >= 4 is 43.9 Å². The molecule has 0 fully saturated rings. The molecular formula is C42H71NO4Sn. The van der Waals surface area contributed by atoms with Crippen LogP contribution in [0.3, 0.4) is 0 Å². The van der Waals surface area contributed by atoms with Crippen LogP contribution >= 0.6 is 0 Å². The molecule has 0 aromatic carbocycles. The number of hydrogen-bond acceptors (Lipinski definition) is 4. The molecule has 3 aromatic rings. The second kappa shape index (κ2) is 23.1. The first-order chi connectivity index (χ1) is 23.5. The third kappa shape index (κ3) is 11.8. The Labute approximate surface area is 296 Å². The van der Waals surface area contributed by atoms with Crippen molar-refractivity contribution in [3.05, 3.63) is 39.3 Å². The first-order valence-corrected chi connectivity index (χ1v) is 28.0. The molecule has 0 aliphatic carbocycles. The van der Waals surface area contributed by atoms with Crippen molar-refractivity contribution in [2.75, 3.05) is 0 Å². The molecule has 0 aliphatic rings. The van der Waals surface area contributed by atoms with Gasteiger partial charge in [-0.1, -0.05) is 39.5 Å². The normalized spacial score (nSPS) is 12.9. The zero-order valence-corrected chi connectivity index (χ0v) is 34.6. The van der Waals surface area contributed by atoms with Gasteiger partial charge in [0.25, 0.3) is 0 Å². The van der Waals surface area contributed by atoms with Crippen molar-refractivity contribution in [2.24, 2.45) is 5.92 Å². The molecule has 0 aliphatic heterocycles. The van der Waals surface area contributed by atoms with Gasteiger partial charge >= 0.3 is 259 Å². The summed E-state index contributed by atoms with van der Waals surface area (Å²) < 4.78 is 18.9. The van der Waals surface area contributed by atoms with Crippen LogP contribution in [-0.4, -0.2) is 22.9 Å². The number of unbranched alkanes of at least 4 members (excludes halogenated alkanes) is 15. The van der Waals surface area contributed by atoms with Gasteiger partial charge in [-0.05, 0) is 0 Å². The van der Waals surface area contributed by atoms with Crippen molar-refractivity contribution in [1.82, 2.24) is 4.57 Å². The summed E-state index contributed by atoms with van der Waals surface area (Å²) in [6, 6.07) is 1.75. The third-order valence-corrected chi connectivity index (χ3v) is 26.6. The molecule has 0 saturated carbocycles. The molecule has 3 heterocycles. The predicted molar refractivity (Wildman–Crippen MR) is 210 cm³/mol. The van der Waals surface area contributed by atoms with E-state index in [0.29, 0.717) is 34.4 Å². The molecular weight excluding hydrogens is 701 g/mol. The Morgan fingerprint density at radius 2 is 1.06 bits per heavy atom. The van der Waals surface area contributed by atoms with Gasteiger partial charge in [-0.15, -0.1) is 0 Å². The van der Waals surface area contributed by atoms with Crippen molar-refractivity contribution < 1.29 is 8.83 Å². The standard InChI is InChI=1S/C30H44NO4.3C4H9.Sn/c1-3-5-7-9-11-12-14-16-18-24(17-15-13-10-8-6-4-2)23-31-29(32)25-19-21-34-27(25)28-26(30(31)33)20-22-35-28;3*1-3-4-2;/h19,21-22,24H,3-18,23H2,1-2H3;3*1,3-4H2,2H3;. The van der Waals surface area contributed by atoms with Crippen LogP contribution in [0.2, 0.25) is 13.3 Å². The molecule has 0 bridgehead atoms. The van der Waals surface area contributed by atoms with Crippen LogP contribution in [0, 0.1) is 5.92 Å². The van der Waals surface area contributed by atoms with E-state index in [9.17, 15) is 9.59 Å². The van der Waals surface area contributed by atoms with Crippen molar-refractivity contribution in [3.8, 4) is 0 Å². The summed E-state index contributed by atoms with van der Waals surface area (Å²) in [5, 5.41) is 1.16. The van der Waals surface area contributed by atoms with Gasteiger partial charge in [0.15, 0.2) is 0 Å². The van der Waals surface area contributed by atoms with Crippen LogP contribution in [0.25, 0.3) is 21.9 Å². The molecule has 1 atom stereocenters. The fourth-order valence-electron chi connectivity index (χ4n) is 8.01. The minimum absolute atomic E-state index is 0.125. The summed E-state index contributed by atoms with van der Waals surface area (Å²) in [6.07, 6.45) is 30.7. The van der Waals surface area contributed by atoms with Gasteiger partial charge in [0.05, 0.1) is 0 Å². The fourth-order valence-corrected chi connectivity index (χ4v) is 24.3. The summed E-state index contributed by atoms with van der Waals surface area (Å²) in [4.78, 5) is 29.1. The number of nitrogens with zero attached hydrogens (tertiary/aromatic N) is 1. The molecule has 5 nitrogen and oxygen atoms in total. The van der Waals surface area contributed by atoms with Gasteiger partial charge < -0.3 is 0 Å². The van der Waals surface area contributed by atoms with E-state index >= 15 is 0 Å². The first-order valence-electron chi connectivity index (χ1n) is 20.5. The molecule has 272 valence electrons. The van der Waals surface area contributed by atoms with Gasteiger partial charge in [0.2, 0.25) is 0 Å². The van der Waals surface area contributed by atoms with Crippen LogP contribution in [0.4, 0.5) is 0 Å². The van der Waals surface area contributed by atoms with Gasteiger partial charge in [0, 0.05) is 0 Å². The minimum atomic E-state index is -3.09. The Morgan fingerprint density at radius 1 is 0.583 bits per heavy atom. The molecule has 3 rings (SSSR count). The Kier molecular flexibility index (Phi) is 19.7. The summed E-state index contributed by atoms with van der Waals surface area (Å²) >= 11 is -3.09. The van der Waals surface area contributed by atoms with Gasteiger partial charge in [0.1, 0.15) is 0 Å². The van der Waals surface area contributed by atoms with Crippen LogP contribution in [0.5, 0.6) is 0 Å². The topological polar surface area (TPSA) is 65.3 Å². The van der Waals surface area contributed by atoms with E-state index in [1.807, 2.05) is 6.26 Å². The van der Waals surface area contributed by atoms with Gasteiger partial charge in [-0.2, -0.15) is 0 Å². The summed E-state index contributed by atoms with van der Waals surface area (Å²) in [5.74, 6) is 0.324. The quantitative estimate of drug-likeness (QED) is 0.0545. The SMILES string of the molecule is CCCCCCCCCCC(CCCCCCCC)Cn1c(=O)c2ccoc2c2oc[c]([Sn]([CH2]CCC)([CH2]CCC)[CH2]CCC)c2c1=O. The van der Waals surface area contributed by atoms with Crippen molar-refractivity contribution in [2.45, 2.75) is 196 Å². The Balaban J connectivity index is 2.03. The Morgan fingerprint density at radius 3 is 1.56 bits per heavy atom. The maximum absolute atomic E-state index is 14.9. The molecule has 48 heavy (non-hydrogen) atoms. The number of hydrogen-bond donors (Lipinski definition) is 0. The number of furan rings is 2. The second-order valence-corrected chi connectivity index (χ2v) is 28.1. The number of aromatic nitrogens is 1. The van der Waals surface area contributed by atoms with E-state index in [1.54, 1.807) is 16.9 Å². The van der Waals surface area contributed by atoms with E-state index in [1.165, 1.54) is 126 Å². The van der Waals surface area contributed by atoms with Crippen LogP contribution in [0.15, 0.2) is 37.0 Å². The van der Waals surface area contributed by atoms with E-state index < -0.39 is 18.4 Å². The first kappa shape index (κ1) is 40.9. The Bertz CT molecular complexity index is 1400. The van der Waals surface area contributed by atoms with Gasteiger partial charge in [-0.3, -0.25) is 0 Å². The van der Waals surface area contributed by atoms with E-state index in [4.69, 9.17) is 8.83 Å². The molecule has 3 aromatic heterocycles. The summed E-state index contributed by atoms with van der Waals surface area (Å²) in [6.45, 7) is 11.9. The molecule has 0 spiro atoms. The van der Waals surface area contributed by atoms with Crippen molar-refractivity contribution in [1.29, 1.82) is 0 Å². The molecule has 0 radical (unpaired) electrons. The van der Waals surface area contributed by atoms with Gasteiger partial charge in [-0.25, -0.2) is 0 Å². The third-order valence-electron chi connectivity index (χ3n) is 11.1.